The van der Waals surface area contributed by atoms with Crippen molar-refractivity contribution in [3.8, 4) is 0 Å². The summed E-state index contributed by atoms with van der Waals surface area (Å²) in [4.78, 5) is 18.7. The highest BCUT2D eigenvalue weighted by Crippen LogP contribution is 2.25. The highest BCUT2D eigenvalue weighted by Gasteiger charge is 2.18. The second-order valence-electron chi connectivity index (χ2n) is 4.83. The summed E-state index contributed by atoms with van der Waals surface area (Å²) in [6.07, 6.45) is 2.46. The Morgan fingerprint density at radius 1 is 1.29 bits per heavy atom. The molecule has 2 aromatic rings. The number of nitrogens with zero attached hydrogens (tertiary/aromatic N) is 2. The minimum atomic E-state index is -0.0859. The topological polar surface area (TPSA) is 65.5 Å². The monoisotopic (exact) mass is 287 g/mol. The van der Waals surface area contributed by atoms with Crippen LogP contribution in [-0.4, -0.2) is 47.6 Å². The largest absolute Gasteiger partial charge is 0.395 e. The van der Waals surface area contributed by atoms with Gasteiger partial charge < -0.3 is 15.3 Å². The van der Waals surface area contributed by atoms with Crippen molar-refractivity contribution in [1.82, 2.24) is 9.88 Å². The Balaban J connectivity index is 2.48. The first-order valence-corrected chi connectivity index (χ1v) is 7.18. The summed E-state index contributed by atoms with van der Waals surface area (Å²) in [5.74, 6) is 0.670. The van der Waals surface area contributed by atoms with Gasteiger partial charge in [-0.3, -0.25) is 4.79 Å². The molecule has 1 heterocycles. The van der Waals surface area contributed by atoms with E-state index in [2.05, 4.69) is 10.3 Å². The van der Waals surface area contributed by atoms with Gasteiger partial charge in [-0.15, -0.1) is 0 Å². The molecule has 0 aliphatic carbocycles. The van der Waals surface area contributed by atoms with E-state index in [1.165, 1.54) is 0 Å². The van der Waals surface area contributed by atoms with Gasteiger partial charge in [-0.1, -0.05) is 31.2 Å². The number of amides is 1. The van der Waals surface area contributed by atoms with E-state index in [1.807, 2.05) is 38.2 Å². The standard InChI is InChI=1S/C16H21N3O2/c1-3-8-19(9-10-20)16(21)14-11-18-15(17-2)13-7-5-4-6-12(13)14/h4-7,11,20H,3,8-10H2,1-2H3,(H,17,18). The molecule has 0 saturated carbocycles. The number of aromatic nitrogens is 1. The van der Waals surface area contributed by atoms with Crippen molar-refractivity contribution in [2.24, 2.45) is 0 Å². The summed E-state index contributed by atoms with van der Waals surface area (Å²) in [6.45, 7) is 2.94. The molecule has 0 aliphatic rings. The lowest BCUT2D eigenvalue weighted by molar-refractivity contribution is 0.0723. The summed E-state index contributed by atoms with van der Waals surface area (Å²) in [5, 5.41) is 14.0. The molecule has 0 radical (unpaired) electrons. The third-order valence-electron chi connectivity index (χ3n) is 3.41. The number of hydrogen-bond acceptors (Lipinski definition) is 4. The van der Waals surface area contributed by atoms with Gasteiger partial charge in [0.05, 0.1) is 12.2 Å². The third kappa shape index (κ3) is 3.13. The average Bonchev–Trinajstić information content (AvgIpc) is 2.53. The van der Waals surface area contributed by atoms with Gasteiger partial charge in [-0.2, -0.15) is 0 Å². The fourth-order valence-electron chi connectivity index (χ4n) is 2.44. The molecule has 0 saturated heterocycles. The van der Waals surface area contributed by atoms with Crippen LogP contribution in [0.5, 0.6) is 0 Å². The number of nitrogens with one attached hydrogen (secondary N) is 1. The van der Waals surface area contributed by atoms with Crippen LogP contribution in [-0.2, 0) is 0 Å². The van der Waals surface area contributed by atoms with Crippen molar-refractivity contribution in [2.75, 3.05) is 32.1 Å². The normalized spacial score (nSPS) is 10.6. The second-order valence-corrected chi connectivity index (χ2v) is 4.83. The van der Waals surface area contributed by atoms with E-state index in [4.69, 9.17) is 5.11 Å². The summed E-state index contributed by atoms with van der Waals surface area (Å²) >= 11 is 0. The average molecular weight is 287 g/mol. The van der Waals surface area contributed by atoms with Crippen molar-refractivity contribution >= 4 is 22.5 Å². The number of aliphatic hydroxyl groups is 1. The highest BCUT2D eigenvalue weighted by atomic mass is 16.3. The van der Waals surface area contributed by atoms with Gasteiger partial charge in [0.15, 0.2) is 0 Å². The molecule has 0 spiro atoms. The number of carbonyl (C=O) groups excluding carboxylic acids is 1. The molecule has 112 valence electrons. The third-order valence-corrected chi connectivity index (χ3v) is 3.41. The minimum Gasteiger partial charge on any atom is -0.395 e. The Morgan fingerprint density at radius 2 is 2.00 bits per heavy atom. The van der Waals surface area contributed by atoms with Crippen LogP contribution in [0.15, 0.2) is 30.5 Å². The zero-order chi connectivity index (χ0) is 15.2. The van der Waals surface area contributed by atoms with Crippen molar-refractivity contribution < 1.29 is 9.90 Å². The molecular weight excluding hydrogens is 266 g/mol. The van der Waals surface area contributed by atoms with Gasteiger partial charge in [0, 0.05) is 31.7 Å². The molecule has 0 bridgehead atoms. The zero-order valence-corrected chi connectivity index (χ0v) is 12.5. The number of hydrogen-bond donors (Lipinski definition) is 2. The predicted octanol–water partition coefficient (Wildman–Crippen LogP) is 2.12. The van der Waals surface area contributed by atoms with Gasteiger partial charge in [-0.25, -0.2) is 4.98 Å². The number of carbonyl (C=O) groups is 1. The van der Waals surface area contributed by atoms with Crippen LogP contribution < -0.4 is 5.32 Å². The maximum absolute atomic E-state index is 12.7. The van der Waals surface area contributed by atoms with Crippen LogP contribution in [0.1, 0.15) is 23.7 Å². The number of aliphatic hydroxyl groups excluding tert-OH is 1. The lowest BCUT2D eigenvalue weighted by atomic mass is 10.1. The van der Waals surface area contributed by atoms with Crippen molar-refractivity contribution in [2.45, 2.75) is 13.3 Å². The second kappa shape index (κ2) is 7.04. The molecule has 21 heavy (non-hydrogen) atoms. The first-order valence-electron chi connectivity index (χ1n) is 7.18. The highest BCUT2D eigenvalue weighted by molar-refractivity contribution is 6.09. The molecular formula is C16H21N3O2. The first-order chi connectivity index (χ1) is 10.2. The SMILES string of the molecule is CCCN(CCO)C(=O)c1cnc(NC)c2ccccc12. The van der Waals surface area contributed by atoms with Gasteiger partial charge in [0.2, 0.25) is 0 Å². The van der Waals surface area contributed by atoms with Crippen LogP contribution in [0.3, 0.4) is 0 Å². The molecule has 5 nitrogen and oxygen atoms in total. The Morgan fingerprint density at radius 3 is 2.62 bits per heavy atom. The molecule has 0 fully saturated rings. The van der Waals surface area contributed by atoms with Crippen LogP contribution in [0.4, 0.5) is 5.82 Å². The Labute approximate surface area is 124 Å². The molecule has 2 rings (SSSR count). The lowest BCUT2D eigenvalue weighted by Crippen LogP contribution is -2.34. The van der Waals surface area contributed by atoms with Crippen molar-refractivity contribution in [1.29, 1.82) is 0 Å². The summed E-state index contributed by atoms with van der Waals surface area (Å²) < 4.78 is 0. The molecule has 5 heteroatoms. The van der Waals surface area contributed by atoms with Gasteiger partial charge in [0.1, 0.15) is 5.82 Å². The molecule has 0 unspecified atom stereocenters. The fourth-order valence-corrected chi connectivity index (χ4v) is 2.44. The van der Waals surface area contributed by atoms with Crippen molar-refractivity contribution in [3.63, 3.8) is 0 Å². The maximum Gasteiger partial charge on any atom is 0.256 e. The smallest absolute Gasteiger partial charge is 0.256 e. The van der Waals surface area contributed by atoms with Crippen LogP contribution in [0.2, 0.25) is 0 Å². The van der Waals surface area contributed by atoms with Crippen LogP contribution in [0.25, 0.3) is 10.8 Å². The Hall–Kier alpha value is -2.14. The molecule has 1 aromatic heterocycles. The van der Waals surface area contributed by atoms with E-state index >= 15 is 0 Å². The van der Waals surface area contributed by atoms with E-state index in [9.17, 15) is 4.79 Å². The van der Waals surface area contributed by atoms with Crippen LogP contribution in [0, 0.1) is 0 Å². The molecule has 1 amide bonds. The maximum atomic E-state index is 12.7. The van der Waals surface area contributed by atoms with Gasteiger partial charge >= 0.3 is 0 Å². The van der Waals surface area contributed by atoms with E-state index in [1.54, 1.807) is 11.1 Å². The number of pyridine rings is 1. The van der Waals surface area contributed by atoms with E-state index in [-0.39, 0.29) is 12.5 Å². The Bertz CT molecular complexity index is 622. The summed E-state index contributed by atoms with van der Waals surface area (Å²) in [7, 11) is 1.81. The molecule has 0 atom stereocenters. The quantitative estimate of drug-likeness (QED) is 0.854. The van der Waals surface area contributed by atoms with Gasteiger partial charge in [-0.05, 0) is 11.8 Å². The number of benzene rings is 1. The Kier molecular flexibility index (Phi) is 5.11. The van der Waals surface area contributed by atoms with E-state index in [0.717, 1.165) is 23.0 Å². The molecule has 0 aliphatic heterocycles. The predicted molar refractivity (Wildman–Crippen MR) is 84.6 cm³/mol. The molecule has 1 aromatic carbocycles. The zero-order valence-electron chi connectivity index (χ0n) is 12.5. The summed E-state index contributed by atoms with van der Waals surface area (Å²) in [5.41, 5.74) is 0.575. The van der Waals surface area contributed by atoms with E-state index in [0.29, 0.717) is 18.7 Å². The fraction of sp³-hybridized carbons (Fsp3) is 0.375. The minimum absolute atomic E-state index is 0.0360. The van der Waals surface area contributed by atoms with Crippen molar-refractivity contribution in [3.05, 3.63) is 36.0 Å². The lowest BCUT2D eigenvalue weighted by Gasteiger charge is -2.22. The summed E-state index contributed by atoms with van der Waals surface area (Å²) in [6, 6.07) is 7.71. The number of rotatable bonds is 6. The van der Waals surface area contributed by atoms with Crippen LogP contribution >= 0.6 is 0 Å². The number of fused-ring (bicyclic) bond motifs is 1. The van der Waals surface area contributed by atoms with Gasteiger partial charge in [0.25, 0.3) is 5.91 Å². The number of anilines is 1. The molecule has 2 N–H and O–H groups in total. The first kappa shape index (κ1) is 15.3. The van der Waals surface area contributed by atoms with E-state index < -0.39 is 0 Å².